The molecule has 0 aliphatic carbocycles. The second-order valence-corrected chi connectivity index (χ2v) is 8.56. The molecule has 18 heavy (non-hydrogen) atoms. The van der Waals surface area contributed by atoms with Gasteiger partial charge in [-0.1, -0.05) is 13.8 Å². The number of nitrogens with one attached hydrogen (secondary N) is 1. The zero-order valence-electron chi connectivity index (χ0n) is 12.0. The summed E-state index contributed by atoms with van der Waals surface area (Å²) in [6.07, 6.45) is 0. The smallest absolute Gasteiger partial charge is 0.193 e. The van der Waals surface area contributed by atoms with Gasteiger partial charge >= 0.3 is 0 Å². The van der Waals surface area contributed by atoms with Gasteiger partial charge in [0.15, 0.2) is 15.8 Å². The molecule has 0 saturated carbocycles. The van der Waals surface area contributed by atoms with Crippen molar-refractivity contribution in [3.05, 3.63) is 0 Å². The molecule has 1 fully saturated rings. The third kappa shape index (κ3) is 3.37. The third-order valence-electron chi connectivity index (χ3n) is 3.22. The second-order valence-electron chi connectivity index (χ2n) is 5.82. The molecule has 1 saturated heterocycles. The van der Waals surface area contributed by atoms with E-state index in [1.165, 1.54) is 0 Å². The number of hydrogen-bond donors (Lipinski definition) is 1. The van der Waals surface area contributed by atoms with E-state index in [0.717, 1.165) is 12.5 Å². The van der Waals surface area contributed by atoms with Gasteiger partial charge < -0.3 is 10.2 Å². The maximum Gasteiger partial charge on any atom is 0.193 e. The fourth-order valence-electron chi connectivity index (χ4n) is 1.95. The van der Waals surface area contributed by atoms with Crippen molar-refractivity contribution in [2.45, 2.75) is 32.4 Å². The predicted molar refractivity (Wildman–Crippen MR) is 75.6 cm³/mol. The van der Waals surface area contributed by atoms with Crippen molar-refractivity contribution >= 4 is 15.8 Å². The molecule has 0 aromatic rings. The van der Waals surface area contributed by atoms with Gasteiger partial charge in [0.1, 0.15) is 0 Å². The van der Waals surface area contributed by atoms with Gasteiger partial charge in [-0.3, -0.25) is 4.99 Å². The Labute approximate surface area is 111 Å². The molecule has 1 heterocycles. The number of sulfone groups is 1. The van der Waals surface area contributed by atoms with Crippen LogP contribution in [0.5, 0.6) is 0 Å². The summed E-state index contributed by atoms with van der Waals surface area (Å²) in [5.74, 6) is 1.53. The zero-order valence-corrected chi connectivity index (χ0v) is 12.8. The Bertz CT molecular complexity index is 413. The lowest BCUT2D eigenvalue weighted by Crippen LogP contribution is -2.57. The minimum absolute atomic E-state index is 0.197. The topological polar surface area (TPSA) is 61.8 Å². The largest absolute Gasteiger partial charge is 0.356 e. The molecule has 1 N–H and O–H groups in total. The molecule has 5 nitrogen and oxygen atoms in total. The number of nitrogens with zero attached hydrogens (tertiary/aromatic N) is 2. The first kappa shape index (κ1) is 15.3. The first-order valence-corrected chi connectivity index (χ1v) is 8.03. The molecule has 1 aliphatic heterocycles. The summed E-state index contributed by atoms with van der Waals surface area (Å²) in [7, 11) is -1.26. The number of aliphatic imine (C=N–C) groups is 1. The molecule has 0 bridgehead atoms. The number of rotatable bonds is 2. The van der Waals surface area contributed by atoms with Crippen LogP contribution in [0, 0.1) is 5.92 Å². The summed E-state index contributed by atoms with van der Waals surface area (Å²) < 4.78 is 23.2. The summed E-state index contributed by atoms with van der Waals surface area (Å²) in [5.41, 5.74) is 0. The Hall–Kier alpha value is -0.780. The van der Waals surface area contributed by atoms with Gasteiger partial charge in [-0.15, -0.1) is 0 Å². The Morgan fingerprint density at radius 2 is 2.06 bits per heavy atom. The van der Waals surface area contributed by atoms with Crippen LogP contribution < -0.4 is 5.32 Å². The van der Waals surface area contributed by atoms with Gasteiger partial charge in [0.2, 0.25) is 0 Å². The minimum Gasteiger partial charge on any atom is -0.356 e. The van der Waals surface area contributed by atoms with Crippen molar-refractivity contribution < 1.29 is 8.42 Å². The van der Waals surface area contributed by atoms with Gasteiger partial charge in [0.25, 0.3) is 0 Å². The zero-order chi connectivity index (χ0) is 14.0. The van der Waals surface area contributed by atoms with Crippen molar-refractivity contribution in [1.82, 2.24) is 10.2 Å². The summed E-state index contributed by atoms with van der Waals surface area (Å²) in [6.45, 7) is 9.68. The van der Waals surface area contributed by atoms with Crippen LogP contribution in [-0.2, 0) is 9.84 Å². The van der Waals surface area contributed by atoms with Crippen molar-refractivity contribution in [2.75, 3.05) is 32.4 Å². The summed E-state index contributed by atoms with van der Waals surface area (Å²) in [6, 6.07) is 0. The SMILES string of the molecule is CN=C(NCC(C)C)N1CCS(=O)(=O)C(C)(C)C1. The standard InChI is InChI=1S/C12H25N3O2S/c1-10(2)8-14-11(13-5)15-6-7-18(16,17)12(3,4)9-15/h10H,6-9H2,1-5H3,(H,13,14). The Morgan fingerprint density at radius 3 is 2.50 bits per heavy atom. The molecule has 0 aromatic heterocycles. The van der Waals surface area contributed by atoms with Crippen molar-refractivity contribution in [3.63, 3.8) is 0 Å². The lowest BCUT2D eigenvalue weighted by molar-refractivity contribution is 0.351. The molecule has 0 spiro atoms. The molecule has 6 heteroatoms. The Balaban J connectivity index is 2.74. The predicted octanol–water partition coefficient (Wildman–Crippen LogP) is 0.727. The lowest BCUT2D eigenvalue weighted by atomic mass is 10.2. The average Bonchev–Trinajstić information content (AvgIpc) is 2.23. The molecule has 0 amide bonds. The highest BCUT2D eigenvalue weighted by atomic mass is 32.2. The molecule has 0 atom stereocenters. The quantitative estimate of drug-likeness (QED) is 0.596. The van der Waals surface area contributed by atoms with Gasteiger partial charge in [-0.2, -0.15) is 0 Å². The molecular formula is C12H25N3O2S. The van der Waals surface area contributed by atoms with E-state index in [2.05, 4.69) is 24.2 Å². The molecule has 0 unspecified atom stereocenters. The molecular weight excluding hydrogens is 250 g/mol. The van der Waals surface area contributed by atoms with Crippen LogP contribution in [0.4, 0.5) is 0 Å². The van der Waals surface area contributed by atoms with E-state index in [4.69, 9.17) is 0 Å². The fraction of sp³-hybridized carbons (Fsp3) is 0.917. The number of guanidine groups is 1. The maximum absolute atomic E-state index is 11.9. The molecule has 0 aromatic carbocycles. The van der Waals surface area contributed by atoms with Crippen LogP contribution in [0.25, 0.3) is 0 Å². The van der Waals surface area contributed by atoms with Crippen LogP contribution >= 0.6 is 0 Å². The minimum atomic E-state index is -2.99. The molecule has 1 aliphatic rings. The fourth-order valence-corrected chi connectivity index (χ4v) is 3.32. The van der Waals surface area contributed by atoms with E-state index in [1.807, 2.05) is 4.90 Å². The normalized spacial score (nSPS) is 23.2. The lowest BCUT2D eigenvalue weighted by Gasteiger charge is -2.39. The monoisotopic (exact) mass is 275 g/mol. The summed E-state index contributed by atoms with van der Waals surface area (Å²) in [5, 5.41) is 3.28. The Kier molecular flexibility index (Phi) is 4.64. The average molecular weight is 275 g/mol. The van der Waals surface area contributed by atoms with Crippen LogP contribution in [0.2, 0.25) is 0 Å². The van der Waals surface area contributed by atoms with E-state index >= 15 is 0 Å². The van der Waals surface area contributed by atoms with E-state index < -0.39 is 14.6 Å². The third-order valence-corrected chi connectivity index (χ3v) is 5.76. The highest BCUT2D eigenvalue weighted by molar-refractivity contribution is 7.92. The van der Waals surface area contributed by atoms with Crippen LogP contribution in [0.3, 0.4) is 0 Å². The van der Waals surface area contributed by atoms with Gasteiger partial charge in [0.05, 0.1) is 10.5 Å². The summed E-state index contributed by atoms with van der Waals surface area (Å²) >= 11 is 0. The van der Waals surface area contributed by atoms with Crippen molar-refractivity contribution in [1.29, 1.82) is 0 Å². The highest BCUT2D eigenvalue weighted by Crippen LogP contribution is 2.23. The van der Waals surface area contributed by atoms with Crippen LogP contribution in [-0.4, -0.2) is 56.5 Å². The molecule has 0 radical (unpaired) electrons. The summed E-state index contributed by atoms with van der Waals surface area (Å²) in [4.78, 5) is 6.26. The second kappa shape index (κ2) is 5.47. The van der Waals surface area contributed by atoms with Crippen LogP contribution in [0.15, 0.2) is 4.99 Å². The highest BCUT2D eigenvalue weighted by Gasteiger charge is 2.40. The van der Waals surface area contributed by atoms with E-state index in [0.29, 0.717) is 19.0 Å². The number of hydrogen-bond acceptors (Lipinski definition) is 3. The molecule has 106 valence electrons. The van der Waals surface area contributed by atoms with E-state index in [1.54, 1.807) is 20.9 Å². The first-order chi connectivity index (χ1) is 8.19. The first-order valence-electron chi connectivity index (χ1n) is 6.37. The van der Waals surface area contributed by atoms with Gasteiger partial charge in [-0.05, 0) is 19.8 Å². The van der Waals surface area contributed by atoms with Gasteiger partial charge in [-0.25, -0.2) is 8.42 Å². The maximum atomic E-state index is 11.9. The van der Waals surface area contributed by atoms with Gasteiger partial charge in [0, 0.05) is 26.7 Å². The Morgan fingerprint density at radius 1 is 1.44 bits per heavy atom. The van der Waals surface area contributed by atoms with Crippen LogP contribution in [0.1, 0.15) is 27.7 Å². The van der Waals surface area contributed by atoms with E-state index in [9.17, 15) is 8.42 Å². The van der Waals surface area contributed by atoms with E-state index in [-0.39, 0.29) is 5.75 Å². The van der Waals surface area contributed by atoms with Crippen molar-refractivity contribution in [3.8, 4) is 0 Å². The van der Waals surface area contributed by atoms with Crippen molar-refractivity contribution in [2.24, 2.45) is 10.9 Å². The molecule has 1 rings (SSSR count).